The Kier molecular flexibility index (Phi) is 4.30. The van der Waals surface area contributed by atoms with Crippen LogP contribution in [0.5, 0.6) is 0 Å². The van der Waals surface area contributed by atoms with Crippen molar-refractivity contribution in [3.05, 3.63) is 53.6 Å². The zero-order valence-corrected chi connectivity index (χ0v) is 14.5. The van der Waals surface area contributed by atoms with Crippen molar-refractivity contribution < 1.29 is 9.18 Å². The van der Waals surface area contributed by atoms with Crippen LogP contribution in [0.2, 0.25) is 0 Å². The number of pyridine rings is 1. The maximum absolute atomic E-state index is 14.2. The third-order valence-electron chi connectivity index (χ3n) is 4.53. The summed E-state index contributed by atoms with van der Waals surface area (Å²) in [6.07, 6.45) is 1.56. The van der Waals surface area contributed by atoms with Gasteiger partial charge in [0.25, 0.3) is 5.91 Å². The molecule has 1 saturated heterocycles. The summed E-state index contributed by atoms with van der Waals surface area (Å²) >= 11 is 0. The zero-order chi connectivity index (χ0) is 18.1. The molecule has 7 heteroatoms. The Balaban J connectivity index is 1.51. The summed E-state index contributed by atoms with van der Waals surface area (Å²) in [5.74, 6) is 0.179. The quantitative estimate of drug-likeness (QED) is 0.677. The van der Waals surface area contributed by atoms with Gasteiger partial charge in [0.2, 0.25) is 0 Å². The number of halogens is 1. The number of fused-ring (bicyclic) bond motifs is 1. The van der Waals surface area contributed by atoms with Crippen molar-refractivity contribution in [3.63, 3.8) is 0 Å². The van der Waals surface area contributed by atoms with Crippen molar-refractivity contribution >= 4 is 28.3 Å². The smallest absolute Gasteiger partial charge is 0.257 e. The van der Waals surface area contributed by atoms with Crippen LogP contribution in [0.3, 0.4) is 0 Å². The number of H-pyrrole nitrogens is 1. The summed E-state index contributed by atoms with van der Waals surface area (Å²) in [6, 6.07) is 8.39. The molecule has 3 heterocycles. The molecule has 1 amide bonds. The molecule has 134 valence electrons. The van der Waals surface area contributed by atoms with Crippen LogP contribution in [0.25, 0.3) is 10.9 Å². The molecule has 0 aliphatic carbocycles. The predicted molar refractivity (Wildman–Crippen MR) is 100 cm³/mol. The van der Waals surface area contributed by atoms with E-state index < -0.39 is 0 Å². The van der Waals surface area contributed by atoms with E-state index in [1.165, 1.54) is 6.07 Å². The summed E-state index contributed by atoms with van der Waals surface area (Å²) in [7, 11) is 0. The second-order valence-electron chi connectivity index (χ2n) is 6.47. The van der Waals surface area contributed by atoms with Crippen molar-refractivity contribution in [1.82, 2.24) is 15.3 Å². The zero-order valence-electron chi connectivity index (χ0n) is 14.5. The van der Waals surface area contributed by atoms with Crippen molar-refractivity contribution in [2.75, 3.05) is 36.4 Å². The Labute approximate surface area is 150 Å². The molecule has 4 rings (SSSR count). The first-order valence-electron chi connectivity index (χ1n) is 8.62. The summed E-state index contributed by atoms with van der Waals surface area (Å²) in [5.41, 5.74) is 2.38. The lowest BCUT2D eigenvalue weighted by atomic mass is 10.2. The minimum Gasteiger partial charge on any atom is -0.359 e. The Hall–Kier alpha value is -2.93. The molecular weight excluding hydrogens is 333 g/mol. The van der Waals surface area contributed by atoms with E-state index in [9.17, 15) is 9.18 Å². The van der Waals surface area contributed by atoms with Gasteiger partial charge in [0, 0.05) is 49.1 Å². The highest BCUT2D eigenvalue weighted by molar-refractivity contribution is 6.05. The van der Waals surface area contributed by atoms with Crippen LogP contribution in [-0.4, -0.2) is 42.1 Å². The number of rotatable bonds is 3. The Morgan fingerprint density at radius 2 is 2.04 bits per heavy atom. The van der Waals surface area contributed by atoms with Crippen molar-refractivity contribution in [2.24, 2.45) is 0 Å². The molecule has 0 radical (unpaired) electrons. The van der Waals surface area contributed by atoms with Gasteiger partial charge in [-0.05, 0) is 37.3 Å². The number of amides is 1. The second kappa shape index (κ2) is 6.76. The van der Waals surface area contributed by atoms with Crippen LogP contribution in [0, 0.1) is 12.7 Å². The van der Waals surface area contributed by atoms with E-state index >= 15 is 0 Å². The Morgan fingerprint density at radius 1 is 1.23 bits per heavy atom. The van der Waals surface area contributed by atoms with Gasteiger partial charge in [-0.2, -0.15) is 0 Å². The number of nitrogens with one attached hydrogen (secondary N) is 3. The lowest BCUT2D eigenvalue weighted by Crippen LogP contribution is -2.43. The monoisotopic (exact) mass is 353 g/mol. The average molecular weight is 353 g/mol. The largest absolute Gasteiger partial charge is 0.359 e. The lowest BCUT2D eigenvalue weighted by Gasteiger charge is -2.28. The molecule has 26 heavy (non-hydrogen) atoms. The Bertz CT molecular complexity index is 944. The van der Waals surface area contributed by atoms with E-state index in [-0.39, 0.29) is 11.7 Å². The maximum atomic E-state index is 14.2. The van der Waals surface area contributed by atoms with Crippen LogP contribution in [0.15, 0.2) is 36.5 Å². The minimum atomic E-state index is -0.366. The van der Waals surface area contributed by atoms with Crippen LogP contribution in [-0.2, 0) is 0 Å². The average Bonchev–Trinajstić information content (AvgIpc) is 3.03. The highest BCUT2D eigenvalue weighted by atomic mass is 19.1. The number of aromatic nitrogens is 2. The molecule has 0 bridgehead atoms. The van der Waals surface area contributed by atoms with E-state index in [1.807, 2.05) is 13.0 Å². The van der Waals surface area contributed by atoms with Crippen LogP contribution >= 0.6 is 0 Å². The molecular formula is C19H20FN5O. The minimum absolute atomic E-state index is 0.314. The van der Waals surface area contributed by atoms with Crippen LogP contribution in [0.1, 0.15) is 16.1 Å². The van der Waals surface area contributed by atoms with Crippen molar-refractivity contribution in [1.29, 1.82) is 0 Å². The molecule has 0 saturated carbocycles. The molecule has 1 aromatic carbocycles. The topological polar surface area (TPSA) is 73.1 Å². The fraction of sp³-hybridized carbons (Fsp3) is 0.263. The maximum Gasteiger partial charge on any atom is 0.257 e. The number of aryl methyl sites for hydroxylation is 1. The predicted octanol–water partition coefficient (Wildman–Crippen LogP) is 2.67. The third kappa shape index (κ3) is 3.25. The van der Waals surface area contributed by atoms with Gasteiger partial charge in [0.05, 0.1) is 11.1 Å². The van der Waals surface area contributed by atoms with E-state index in [4.69, 9.17) is 0 Å². The number of aromatic amines is 1. The number of hydrogen-bond donors (Lipinski definition) is 3. The molecule has 1 aliphatic heterocycles. The molecule has 3 aromatic rings. The SMILES string of the molecule is Cc1cc2c(F)cc(NC(=O)c3ccc(N4CCNCC4)nc3)cc2[nH]1. The lowest BCUT2D eigenvalue weighted by molar-refractivity contribution is 0.102. The molecule has 1 fully saturated rings. The van der Waals surface area contributed by atoms with Gasteiger partial charge < -0.3 is 20.5 Å². The first-order chi connectivity index (χ1) is 12.6. The van der Waals surface area contributed by atoms with Crippen LogP contribution < -0.4 is 15.5 Å². The van der Waals surface area contributed by atoms with Gasteiger partial charge in [0.1, 0.15) is 11.6 Å². The number of benzene rings is 1. The Morgan fingerprint density at radius 3 is 2.77 bits per heavy atom. The third-order valence-corrected chi connectivity index (χ3v) is 4.53. The van der Waals surface area contributed by atoms with Crippen LogP contribution in [0.4, 0.5) is 15.9 Å². The fourth-order valence-corrected chi connectivity index (χ4v) is 3.21. The van der Waals surface area contributed by atoms with Crippen molar-refractivity contribution in [3.8, 4) is 0 Å². The van der Waals surface area contributed by atoms with Gasteiger partial charge in [-0.15, -0.1) is 0 Å². The molecule has 0 unspecified atom stereocenters. The van der Waals surface area contributed by atoms with Gasteiger partial charge in [-0.3, -0.25) is 4.79 Å². The first-order valence-corrected chi connectivity index (χ1v) is 8.62. The van der Waals surface area contributed by atoms with E-state index in [2.05, 4.69) is 25.5 Å². The highest BCUT2D eigenvalue weighted by Crippen LogP contribution is 2.24. The van der Waals surface area contributed by atoms with E-state index in [0.717, 1.165) is 37.7 Å². The number of anilines is 2. The van der Waals surface area contributed by atoms with E-state index in [1.54, 1.807) is 24.4 Å². The molecule has 3 N–H and O–H groups in total. The van der Waals surface area contributed by atoms with E-state index in [0.29, 0.717) is 22.2 Å². The summed E-state index contributed by atoms with van der Waals surface area (Å²) in [5, 5.41) is 6.55. The fourth-order valence-electron chi connectivity index (χ4n) is 3.21. The molecule has 0 spiro atoms. The van der Waals surface area contributed by atoms with Gasteiger partial charge in [-0.25, -0.2) is 9.37 Å². The number of piperazine rings is 1. The molecule has 1 aliphatic rings. The first kappa shape index (κ1) is 16.5. The number of carbonyl (C=O) groups excluding carboxylic acids is 1. The standard InChI is InChI=1S/C19H20FN5O/c1-12-8-15-16(20)9-14(10-17(15)23-12)24-19(26)13-2-3-18(22-11-13)25-6-4-21-5-7-25/h2-3,8-11,21,23H,4-7H2,1H3,(H,24,26). The van der Waals surface area contributed by atoms with Gasteiger partial charge in [0.15, 0.2) is 0 Å². The highest BCUT2D eigenvalue weighted by Gasteiger charge is 2.14. The van der Waals surface area contributed by atoms with Gasteiger partial charge >= 0.3 is 0 Å². The normalized spacial score (nSPS) is 14.6. The molecule has 6 nitrogen and oxygen atoms in total. The number of hydrogen-bond acceptors (Lipinski definition) is 4. The summed E-state index contributed by atoms with van der Waals surface area (Å²) < 4.78 is 14.2. The number of nitrogens with zero attached hydrogens (tertiary/aromatic N) is 2. The summed E-state index contributed by atoms with van der Waals surface area (Å²) in [6.45, 7) is 5.51. The molecule has 0 atom stereocenters. The second-order valence-corrected chi connectivity index (χ2v) is 6.47. The van der Waals surface area contributed by atoms with Gasteiger partial charge in [-0.1, -0.05) is 0 Å². The summed E-state index contributed by atoms with van der Waals surface area (Å²) in [4.78, 5) is 22.1. The van der Waals surface area contributed by atoms with Crippen molar-refractivity contribution in [2.45, 2.75) is 6.92 Å². The molecule has 2 aromatic heterocycles. The number of carbonyl (C=O) groups is 1.